The van der Waals surface area contributed by atoms with E-state index in [0.717, 1.165) is 20.3 Å². The van der Waals surface area contributed by atoms with Crippen LogP contribution in [0.1, 0.15) is 16.7 Å². The molecule has 0 aliphatic carbocycles. The summed E-state index contributed by atoms with van der Waals surface area (Å²) in [5.74, 6) is 0.470. The van der Waals surface area contributed by atoms with Crippen LogP contribution in [-0.4, -0.2) is 5.97 Å². The Balaban J connectivity index is 2.18. The van der Waals surface area contributed by atoms with E-state index in [9.17, 15) is 4.79 Å². The first-order valence-corrected chi connectivity index (χ1v) is 7.08. The molecule has 0 amide bonds. The number of rotatable bonds is 1. The van der Waals surface area contributed by atoms with Gasteiger partial charge in [0.25, 0.3) is 0 Å². The Morgan fingerprint density at radius 3 is 2.47 bits per heavy atom. The van der Waals surface area contributed by atoms with Crippen molar-refractivity contribution in [2.24, 2.45) is 0 Å². The van der Waals surface area contributed by atoms with Crippen molar-refractivity contribution in [2.45, 2.75) is 6.42 Å². The minimum Gasteiger partial charge on any atom is -0.424 e. The van der Waals surface area contributed by atoms with Crippen LogP contribution in [-0.2, 0) is 16.0 Å². The minimum absolute atomic E-state index is 0.196. The summed E-state index contributed by atoms with van der Waals surface area (Å²) in [5.41, 5.74) is 3.09. The lowest BCUT2D eigenvalue weighted by molar-refractivity contribution is -0.136. The van der Waals surface area contributed by atoms with E-state index in [4.69, 9.17) is 4.74 Å². The summed E-state index contributed by atoms with van der Waals surface area (Å²) < 4.78 is 6.42. The van der Waals surface area contributed by atoms with Gasteiger partial charge >= 0.3 is 5.97 Å². The lowest BCUT2D eigenvalue weighted by Crippen LogP contribution is -2.15. The van der Waals surface area contributed by atoms with Crippen LogP contribution in [0.15, 0.2) is 54.6 Å². The number of hydrogen-bond donors (Lipinski definition) is 0. The van der Waals surface area contributed by atoms with Crippen molar-refractivity contribution in [3.63, 3.8) is 0 Å². The van der Waals surface area contributed by atoms with Gasteiger partial charge in [-0.1, -0.05) is 54.6 Å². The van der Waals surface area contributed by atoms with Gasteiger partial charge in [-0.2, -0.15) is 0 Å². The molecule has 2 aromatic carbocycles. The van der Waals surface area contributed by atoms with Crippen LogP contribution in [0.3, 0.4) is 0 Å². The van der Waals surface area contributed by atoms with Crippen LogP contribution in [0.25, 0.3) is 9.34 Å². The van der Waals surface area contributed by atoms with Gasteiger partial charge in [0.15, 0.2) is 5.76 Å². The van der Waals surface area contributed by atoms with E-state index < -0.39 is 0 Å². The zero-order chi connectivity index (χ0) is 13.2. The highest BCUT2D eigenvalue weighted by atomic mass is 127. The van der Waals surface area contributed by atoms with Gasteiger partial charge in [0.05, 0.1) is 10.0 Å². The molecule has 94 valence electrons. The summed E-state index contributed by atoms with van der Waals surface area (Å²) >= 11 is 2.24. The molecule has 2 nitrogen and oxygen atoms in total. The fourth-order valence-electron chi connectivity index (χ4n) is 2.13. The average Bonchev–Trinajstić information content (AvgIpc) is 2.46. The van der Waals surface area contributed by atoms with Gasteiger partial charge in [0.1, 0.15) is 0 Å². The average molecular weight is 362 g/mol. The highest BCUT2D eigenvalue weighted by Crippen LogP contribution is 2.36. The molecule has 0 bridgehead atoms. The third-order valence-corrected chi connectivity index (χ3v) is 4.15. The van der Waals surface area contributed by atoms with Crippen molar-refractivity contribution in [2.75, 3.05) is 0 Å². The molecule has 3 heteroatoms. The molecular formula is C16H11IO2. The van der Waals surface area contributed by atoms with Crippen molar-refractivity contribution >= 4 is 37.9 Å². The van der Waals surface area contributed by atoms with Crippen molar-refractivity contribution < 1.29 is 9.53 Å². The highest BCUT2D eigenvalue weighted by Gasteiger charge is 2.23. The predicted molar refractivity (Wildman–Crippen MR) is 83.5 cm³/mol. The van der Waals surface area contributed by atoms with E-state index in [0.29, 0.717) is 12.2 Å². The highest BCUT2D eigenvalue weighted by molar-refractivity contribution is 14.1. The van der Waals surface area contributed by atoms with Crippen molar-refractivity contribution in [1.29, 1.82) is 0 Å². The molecule has 0 atom stereocenters. The largest absolute Gasteiger partial charge is 0.424 e. The van der Waals surface area contributed by atoms with Crippen LogP contribution in [0.2, 0.25) is 0 Å². The maximum absolute atomic E-state index is 11.7. The Kier molecular flexibility index (Phi) is 3.38. The van der Waals surface area contributed by atoms with E-state index in [-0.39, 0.29) is 5.97 Å². The molecule has 0 spiro atoms. The Morgan fingerprint density at radius 2 is 1.68 bits per heavy atom. The van der Waals surface area contributed by atoms with Crippen molar-refractivity contribution in [1.82, 2.24) is 0 Å². The molecule has 0 radical (unpaired) electrons. The van der Waals surface area contributed by atoms with Gasteiger partial charge < -0.3 is 4.74 Å². The molecule has 0 saturated heterocycles. The van der Waals surface area contributed by atoms with E-state index in [2.05, 4.69) is 22.6 Å². The van der Waals surface area contributed by atoms with E-state index in [1.165, 1.54) is 0 Å². The Labute approximate surface area is 125 Å². The Bertz CT molecular complexity index is 659. The predicted octanol–water partition coefficient (Wildman–Crippen LogP) is 4.05. The number of ether oxygens (including phenoxy) is 1. The maximum atomic E-state index is 11.7. The molecular weight excluding hydrogens is 351 g/mol. The number of halogens is 1. The number of carbonyl (C=O) groups is 1. The first kappa shape index (κ1) is 12.4. The Morgan fingerprint density at radius 1 is 1.00 bits per heavy atom. The first-order valence-electron chi connectivity index (χ1n) is 6.00. The number of esters is 1. The summed E-state index contributed by atoms with van der Waals surface area (Å²) in [6.45, 7) is 0. The maximum Gasteiger partial charge on any atom is 0.315 e. The van der Waals surface area contributed by atoms with E-state index >= 15 is 0 Å². The SMILES string of the molecule is O=C1Cc2ccccc2/C(=C(/I)c2ccccc2)O1. The number of benzene rings is 2. The van der Waals surface area contributed by atoms with Gasteiger partial charge in [-0.05, 0) is 33.7 Å². The quantitative estimate of drug-likeness (QED) is 0.565. The molecule has 0 fully saturated rings. The third kappa shape index (κ3) is 2.42. The summed E-state index contributed by atoms with van der Waals surface area (Å²) in [5, 5.41) is 0. The third-order valence-electron chi connectivity index (χ3n) is 3.04. The summed E-state index contributed by atoms with van der Waals surface area (Å²) in [7, 11) is 0. The zero-order valence-corrected chi connectivity index (χ0v) is 12.3. The second kappa shape index (κ2) is 5.17. The fourth-order valence-corrected chi connectivity index (χ4v) is 2.90. The second-order valence-electron chi connectivity index (χ2n) is 4.32. The van der Waals surface area contributed by atoms with Crippen LogP contribution < -0.4 is 0 Å². The van der Waals surface area contributed by atoms with Crippen molar-refractivity contribution in [3.05, 3.63) is 71.3 Å². The topological polar surface area (TPSA) is 26.3 Å². The monoisotopic (exact) mass is 362 g/mol. The van der Waals surface area contributed by atoms with E-state index in [1.807, 2.05) is 54.6 Å². The zero-order valence-electron chi connectivity index (χ0n) is 10.1. The van der Waals surface area contributed by atoms with E-state index in [1.54, 1.807) is 0 Å². The summed E-state index contributed by atoms with van der Waals surface area (Å²) in [4.78, 5) is 11.7. The number of fused-ring (bicyclic) bond motifs is 1. The van der Waals surface area contributed by atoms with Crippen molar-refractivity contribution in [3.8, 4) is 0 Å². The molecule has 0 saturated carbocycles. The van der Waals surface area contributed by atoms with Crippen LogP contribution in [0.4, 0.5) is 0 Å². The number of hydrogen-bond acceptors (Lipinski definition) is 2. The lowest BCUT2D eigenvalue weighted by atomic mass is 9.99. The second-order valence-corrected chi connectivity index (χ2v) is 5.40. The standard InChI is InChI=1S/C16H11IO2/c17-15(11-6-2-1-3-7-11)16-13-9-5-4-8-12(13)10-14(18)19-16/h1-9H,10H2/b16-15-. The molecule has 1 aliphatic rings. The molecule has 1 aliphatic heterocycles. The summed E-state index contributed by atoms with van der Waals surface area (Å²) in [6.07, 6.45) is 0.346. The van der Waals surface area contributed by atoms with Gasteiger partial charge in [0.2, 0.25) is 0 Å². The smallest absolute Gasteiger partial charge is 0.315 e. The number of cyclic esters (lactones) is 1. The molecule has 3 rings (SSSR count). The molecule has 2 aromatic rings. The fraction of sp³-hybridized carbons (Fsp3) is 0.0625. The van der Waals surface area contributed by atoms with Gasteiger partial charge in [0, 0.05) is 5.56 Å². The molecule has 1 heterocycles. The lowest BCUT2D eigenvalue weighted by Gasteiger charge is -2.20. The van der Waals surface area contributed by atoms with Gasteiger partial charge in [-0.3, -0.25) is 4.79 Å². The summed E-state index contributed by atoms with van der Waals surface area (Å²) in [6, 6.07) is 17.8. The number of carbonyl (C=O) groups excluding carboxylic acids is 1. The molecule has 0 unspecified atom stereocenters. The Hall–Kier alpha value is -1.62. The van der Waals surface area contributed by atoms with Gasteiger partial charge in [-0.25, -0.2) is 0 Å². The molecule has 0 aromatic heterocycles. The van der Waals surface area contributed by atoms with Gasteiger partial charge in [-0.15, -0.1) is 0 Å². The van der Waals surface area contributed by atoms with Crippen LogP contribution in [0.5, 0.6) is 0 Å². The molecule has 0 N–H and O–H groups in total. The minimum atomic E-state index is -0.196. The normalized spacial score (nSPS) is 16.6. The van der Waals surface area contributed by atoms with Crippen LogP contribution in [0, 0.1) is 0 Å². The first-order chi connectivity index (χ1) is 9.25. The molecule has 19 heavy (non-hydrogen) atoms. The van der Waals surface area contributed by atoms with Crippen LogP contribution >= 0.6 is 22.6 Å².